The molecule has 0 spiro atoms. The molecule has 0 saturated carbocycles. The molecule has 0 unspecified atom stereocenters. The summed E-state index contributed by atoms with van der Waals surface area (Å²) in [7, 11) is 0. The van der Waals surface area contributed by atoms with Crippen molar-refractivity contribution >= 4 is 12.3 Å². The average molecular weight is 354 g/mol. The Bertz CT molecular complexity index is 790. The molecule has 138 valence electrons. The van der Waals surface area contributed by atoms with Crippen LogP contribution in [-0.4, -0.2) is 18.4 Å². The zero-order valence-corrected chi connectivity index (χ0v) is 15.9. The van der Waals surface area contributed by atoms with Crippen LogP contribution in [0.5, 0.6) is 0 Å². The van der Waals surface area contributed by atoms with Gasteiger partial charge in [0.05, 0.1) is 12.5 Å². The van der Waals surface area contributed by atoms with E-state index in [9.17, 15) is 9.59 Å². The first-order chi connectivity index (χ1) is 12.4. The van der Waals surface area contributed by atoms with E-state index in [4.69, 9.17) is 9.15 Å². The van der Waals surface area contributed by atoms with Crippen LogP contribution >= 0.6 is 0 Å². The van der Waals surface area contributed by atoms with Gasteiger partial charge in [0.15, 0.2) is 6.29 Å². The molecule has 26 heavy (non-hydrogen) atoms. The second-order valence-electron chi connectivity index (χ2n) is 6.82. The Labute approximate surface area is 154 Å². The zero-order chi connectivity index (χ0) is 19.1. The minimum absolute atomic E-state index is 0.316. The Kier molecular flexibility index (Phi) is 6.96. The van der Waals surface area contributed by atoms with Crippen molar-refractivity contribution in [3.05, 3.63) is 59.1 Å². The Morgan fingerprint density at radius 2 is 1.92 bits per heavy atom. The van der Waals surface area contributed by atoms with Gasteiger partial charge in [-0.1, -0.05) is 29.4 Å². The van der Waals surface area contributed by atoms with Crippen molar-refractivity contribution in [1.29, 1.82) is 0 Å². The lowest BCUT2D eigenvalue weighted by molar-refractivity contribution is -0.144. The summed E-state index contributed by atoms with van der Waals surface area (Å²) in [5.74, 6) is -0.316. The maximum absolute atomic E-state index is 11.5. The highest BCUT2D eigenvalue weighted by molar-refractivity contribution is 5.90. The molecule has 4 nitrogen and oxygen atoms in total. The van der Waals surface area contributed by atoms with Crippen molar-refractivity contribution in [1.82, 2.24) is 0 Å². The first kappa shape index (κ1) is 19.7. The van der Waals surface area contributed by atoms with Gasteiger partial charge in [-0.05, 0) is 50.8 Å². The van der Waals surface area contributed by atoms with Crippen LogP contribution in [0.3, 0.4) is 0 Å². The van der Waals surface area contributed by atoms with E-state index < -0.39 is 0 Å². The standard InChI is InChI=1S/C22H26O4/c1-15(2)6-5-7-16(3)10-20(26-17(4)24)11-19-13-25-14-22-18(12-23)8-9-21(19)22/h6,8-10,12-14,20H,5,7,11H2,1-4H3/b16-10+/t20-/m0/s1. The van der Waals surface area contributed by atoms with Crippen molar-refractivity contribution < 1.29 is 18.7 Å². The summed E-state index contributed by atoms with van der Waals surface area (Å²) in [6.45, 7) is 7.63. The number of hydrogen-bond donors (Lipinski definition) is 0. The maximum Gasteiger partial charge on any atom is 0.303 e. The number of carbonyl (C=O) groups excluding carboxylic acids is 2. The molecule has 1 atom stereocenters. The van der Waals surface area contributed by atoms with E-state index in [2.05, 4.69) is 19.9 Å². The summed E-state index contributed by atoms with van der Waals surface area (Å²) >= 11 is 0. The molecule has 1 aliphatic carbocycles. The SMILES string of the molecule is CC(=O)O[C@@H](/C=C(\C)CCC=C(C)C)Cc1cocc2c(C=O)ccc1-2. The molecule has 0 bridgehead atoms. The molecule has 0 saturated heterocycles. The van der Waals surface area contributed by atoms with Gasteiger partial charge in [0, 0.05) is 24.5 Å². The molecule has 0 aromatic heterocycles. The van der Waals surface area contributed by atoms with Crippen LogP contribution in [0.15, 0.2) is 52.4 Å². The van der Waals surface area contributed by atoms with E-state index in [1.165, 1.54) is 18.1 Å². The highest BCUT2D eigenvalue weighted by Gasteiger charge is 2.18. The molecule has 0 amide bonds. The fourth-order valence-corrected chi connectivity index (χ4v) is 2.98. The molecule has 4 heteroatoms. The molecular formula is C22H26O4. The van der Waals surface area contributed by atoms with Crippen LogP contribution in [0, 0.1) is 0 Å². The van der Waals surface area contributed by atoms with Gasteiger partial charge < -0.3 is 9.15 Å². The van der Waals surface area contributed by atoms with E-state index in [0.717, 1.165) is 35.8 Å². The maximum atomic E-state index is 11.5. The molecule has 0 aromatic carbocycles. The van der Waals surface area contributed by atoms with E-state index in [-0.39, 0.29) is 12.1 Å². The van der Waals surface area contributed by atoms with Gasteiger partial charge in [0.1, 0.15) is 6.10 Å². The summed E-state index contributed by atoms with van der Waals surface area (Å²) in [5.41, 5.74) is 5.71. The summed E-state index contributed by atoms with van der Waals surface area (Å²) in [4.78, 5) is 22.6. The monoisotopic (exact) mass is 354 g/mol. The van der Waals surface area contributed by atoms with Gasteiger partial charge in [0.25, 0.3) is 0 Å². The van der Waals surface area contributed by atoms with Crippen molar-refractivity contribution in [3.63, 3.8) is 0 Å². The normalized spacial score (nSPS) is 12.7. The molecule has 2 rings (SSSR count). The van der Waals surface area contributed by atoms with E-state index in [1.54, 1.807) is 18.6 Å². The third kappa shape index (κ3) is 5.45. The van der Waals surface area contributed by atoms with Crippen LogP contribution in [0.4, 0.5) is 0 Å². The van der Waals surface area contributed by atoms with Gasteiger partial charge in [0.2, 0.25) is 0 Å². The highest BCUT2D eigenvalue weighted by Crippen LogP contribution is 2.31. The lowest BCUT2D eigenvalue weighted by Crippen LogP contribution is -2.17. The van der Waals surface area contributed by atoms with Crippen LogP contribution < -0.4 is 0 Å². The Hall–Kier alpha value is -2.62. The van der Waals surface area contributed by atoms with Crippen molar-refractivity contribution in [2.75, 3.05) is 0 Å². The number of ether oxygens (including phenoxy) is 1. The summed E-state index contributed by atoms with van der Waals surface area (Å²) < 4.78 is 10.9. The van der Waals surface area contributed by atoms with Gasteiger partial charge >= 0.3 is 5.97 Å². The molecule has 0 N–H and O–H groups in total. The fraction of sp³-hybridized carbons (Fsp3) is 0.364. The number of rotatable bonds is 8. The Morgan fingerprint density at radius 3 is 2.58 bits per heavy atom. The number of allylic oxidation sites excluding steroid dienone is 3. The minimum Gasteiger partial charge on any atom is -0.472 e. The first-order valence-electron chi connectivity index (χ1n) is 8.81. The molecule has 1 heterocycles. The number of aldehydes is 1. The lowest BCUT2D eigenvalue weighted by atomic mass is 9.99. The Balaban J connectivity index is 2.19. The summed E-state index contributed by atoms with van der Waals surface area (Å²) in [6.07, 6.45) is 10.3. The van der Waals surface area contributed by atoms with E-state index in [1.807, 2.05) is 19.1 Å². The molecular weight excluding hydrogens is 328 g/mol. The number of carbonyl (C=O) groups is 2. The molecule has 1 aliphatic heterocycles. The van der Waals surface area contributed by atoms with Crippen LogP contribution in [0.2, 0.25) is 0 Å². The second kappa shape index (κ2) is 9.18. The van der Waals surface area contributed by atoms with Gasteiger partial charge in [-0.2, -0.15) is 0 Å². The van der Waals surface area contributed by atoms with Crippen LogP contribution in [0.25, 0.3) is 11.1 Å². The number of esters is 1. The largest absolute Gasteiger partial charge is 0.472 e. The van der Waals surface area contributed by atoms with Crippen molar-refractivity contribution in [3.8, 4) is 11.1 Å². The average Bonchev–Trinajstić information content (AvgIpc) is 2.98. The molecule has 0 radical (unpaired) electrons. The summed E-state index contributed by atoms with van der Waals surface area (Å²) in [5, 5.41) is 0. The fourth-order valence-electron chi connectivity index (χ4n) is 2.98. The van der Waals surface area contributed by atoms with Crippen LogP contribution in [0.1, 0.15) is 56.5 Å². The molecule has 2 aliphatic rings. The van der Waals surface area contributed by atoms with Gasteiger partial charge in [-0.15, -0.1) is 0 Å². The smallest absolute Gasteiger partial charge is 0.303 e. The minimum atomic E-state index is -0.366. The topological polar surface area (TPSA) is 56.5 Å². The Morgan fingerprint density at radius 1 is 1.15 bits per heavy atom. The van der Waals surface area contributed by atoms with Crippen LogP contribution in [-0.2, 0) is 16.0 Å². The van der Waals surface area contributed by atoms with Crippen molar-refractivity contribution in [2.24, 2.45) is 0 Å². The molecule has 0 aromatic rings. The third-order valence-corrected chi connectivity index (χ3v) is 4.20. The predicted octanol–water partition coefficient (Wildman–Crippen LogP) is 5.36. The van der Waals surface area contributed by atoms with E-state index >= 15 is 0 Å². The predicted molar refractivity (Wildman–Crippen MR) is 102 cm³/mol. The van der Waals surface area contributed by atoms with Gasteiger partial charge in [-0.25, -0.2) is 0 Å². The lowest BCUT2D eigenvalue weighted by Gasteiger charge is -2.16. The van der Waals surface area contributed by atoms with Crippen molar-refractivity contribution in [2.45, 2.75) is 53.1 Å². The third-order valence-electron chi connectivity index (χ3n) is 4.20. The quantitative estimate of drug-likeness (QED) is 0.363. The highest BCUT2D eigenvalue weighted by atomic mass is 16.5. The van der Waals surface area contributed by atoms with Gasteiger partial charge in [-0.3, -0.25) is 9.59 Å². The second-order valence-corrected chi connectivity index (χ2v) is 6.82. The number of hydrogen-bond acceptors (Lipinski definition) is 4. The zero-order valence-electron chi connectivity index (χ0n) is 15.9. The first-order valence-corrected chi connectivity index (χ1v) is 8.81. The van der Waals surface area contributed by atoms with E-state index in [0.29, 0.717) is 12.0 Å². The molecule has 0 fully saturated rings. The number of fused-ring (bicyclic) bond motifs is 1. The summed E-state index contributed by atoms with van der Waals surface area (Å²) in [6, 6.07) is 3.68.